The molecule has 0 amide bonds. The molecule has 0 nitrogen and oxygen atoms in total. The molecule has 0 heteroatoms. The molecule has 0 fully saturated rings. The molecule has 2 aromatic carbocycles. The van der Waals surface area contributed by atoms with Gasteiger partial charge in [-0.15, -0.1) is 0 Å². The maximum Gasteiger partial charge on any atom is 0.0290 e. The summed E-state index contributed by atoms with van der Waals surface area (Å²) in [6.45, 7) is 2.38. The number of fused-ring (bicyclic) bond motifs is 2. The quantitative estimate of drug-likeness (QED) is 0.649. The van der Waals surface area contributed by atoms with Crippen LogP contribution in [0.4, 0.5) is 0 Å². The predicted molar refractivity (Wildman–Crippen MR) is 61.2 cm³/mol. The fourth-order valence-corrected chi connectivity index (χ4v) is 3.16. The minimum atomic E-state index is 0.327. The molecule has 0 aliphatic heterocycles. The van der Waals surface area contributed by atoms with Gasteiger partial charge in [-0.25, -0.2) is 0 Å². The maximum absolute atomic E-state index is 2.38. The molecule has 2 aromatic rings. The van der Waals surface area contributed by atoms with Gasteiger partial charge in [-0.1, -0.05) is 55.5 Å². The number of hydrogen-bond donors (Lipinski definition) is 0. The largest absolute Gasteiger partial charge is 0.0620 e. The smallest absolute Gasteiger partial charge is 0.0290 e. The van der Waals surface area contributed by atoms with Crippen molar-refractivity contribution in [3.05, 3.63) is 70.8 Å². The molecule has 0 radical (unpaired) electrons. The van der Waals surface area contributed by atoms with Gasteiger partial charge in [0.05, 0.1) is 0 Å². The van der Waals surface area contributed by atoms with Crippen molar-refractivity contribution in [3.63, 3.8) is 0 Å². The monoisotopic (exact) mass is 192 g/mol. The Morgan fingerprint density at radius 1 is 0.800 bits per heavy atom. The van der Waals surface area contributed by atoms with Crippen LogP contribution in [-0.4, -0.2) is 0 Å². The van der Waals surface area contributed by atoms with Gasteiger partial charge >= 0.3 is 0 Å². The van der Waals surface area contributed by atoms with Gasteiger partial charge in [0.15, 0.2) is 0 Å². The predicted octanol–water partition coefficient (Wildman–Crippen LogP) is 3.45. The van der Waals surface area contributed by atoms with Crippen molar-refractivity contribution in [2.45, 2.75) is 18.3 Å². The van der Waals surface area contributed by atoms with Crippen LogP contribution in [-0.2, 0) is 5.41 Å². The molecular weight excluding hydrogens is 180 g/mol. The van der Waals surface area contributed by atoms with Crippen molar-refractivity contribution in [1.82, 2.24) is 0 Å². The molecule has 2 aliphatic rings. The second-order valence-corrected chi connectivity index (χ2v) is 4.81. The topological polar surface area (TPSA) is 0 Å². The number of rotatable bonds is 1. The van der Waals surface area contributed by atoms with E-state index < -0.39 is 0 Å². The lowest BCUT2D eigenvalue weighted by Crippen LogP contribution is -2.03. The highest BCUT2D eigenvalue weighted by atomic mass is 14.6. The summed E-state index contributed by atoms with van der Waals surface area (Å²) in [7, 11) is 0. The summed E-state index contributed by atoms with van der Waals surface area (Å²) in [5.74, 6) is 0.671. The zero-order valence-electron chi connectivity index (χ0n) is 8.70. The Labute approximate surface area is 89.6 Å². The van der Waals surface area contributed by atoms with Crippen LogP contribution in [0, 0.1) is 0 Å². The van der Waals surface area contributed by atoms with E-state index in [1.807, 2.05) is 0 Å². The Morgan fingerprint density at radius 3 is 1.80 bits per heavy atom. The SMILES string of the molecule is CC1(C2c3ccccc32)c2ccccc21. The molecule has 72 valence electrons. The Balaban J connectivity index is 1.81. The van der Waals surface area contributed by atoms with Crippen molar-refractivity contribution >= 4 is 0 Å². The lowest BCUT2D eigenvalue weighted by Gasteiger charge is -2.06. The van der Waals surface area contributed by atoms with E-state index in [0.717, 1.165) is 0 Å². The van der Waals surface area contributed by atoms with Crippen molar-refractivity contribution in [2.24, 2.45) is 0 Å². The molecule has 0 unspecified atom stereocenters. The second-order valence-electron chi connectivity index (χ2n) is 4.81. The van der Waals surface area contributed by atoms with Gasteiger partial charge in [-0.2, -0.15) is 0 Å². The second kappa shape index (κ2) is 2.16. The number of hydrogen-bond acceptors (Lipinski definition) is 0. The normalized spacial score (nSPS) is 19.3. The summed E-state index contributed by atoms with van der Waals surface area (Å²) in [6.07, 6.45) is 0. The van der Waals surface area contributed by atoms with E-state index in [0.29, 0.717) is 11.3 Å². The third-order valence-electron chi connectivity index (χ3n) is 4.10. The molecule has 4 rings (SSSR count). The molecular formula is C15H12. The Morgan fingerprint density at radius 2 is 1.27 bits per heavy atom. The highest BCUT2D eigenvalue weighted by Crippen LogP contribution is 2.66. The zero-order chi connectivity index (χ0) is 10.0. The molecule has 0 atom stereocenters. The number of benzene rings is 2. The van der Waals surface area contributed by atoms with E-state index in [4.69, 9.17) is 0 Å². The van der Waals surface area contributed by atoms with Crippen LogP contribution >= 0.6 is 0 Å². The average molecular weight is 192 g/mol. The summed E-state index contributed by atoms with van der Waals surface area (Å²) >= 11 is 0. The molecule has 0 saturated carbocycles. The van der Waals surface area contributed by atoms with E-state index in [1.165, 1.54) is 0 Å². The summed E-state index contributed by atoms with van der Waals surface area (Å²) < 4.78 is 0. The Bertz CT molecular complexity index is 520. The van der Waals surface area contributed by atoms with E-state index in [-0.39, 0.29) is 0 Å². The van der Waals surface area contributed by atoms with Gasteiger partial charge in [0.25, 0.3) is 0 Å². The standard InChI is InChI=1S/C15H12/c1-15(12-8-4-5-9-13(12)15)14-10-6-2-3-7-11(10)14/h2-9,14H,1H3. The van der Waals surface area contributed by atoms with Gasteiger partial charge in [-0.3, -0.25) is 0 Å². The molecule has 2 aliphatic carbocycles. The third kappa shape index (κ3) is 0.753. The highest BCUT2D eigenvalue weighted by Gasteiger charge is 2.58. The average Bonchev–Trinajstić information content (AvgIpc) is 3.14. The summed E-state index contributed by atoms with van der Waals surface area (Å²) in [5.41, 5.74) is 6.53. The molecule has 0 aromatic heterocycles. The third-order valence-corrected chi connectivity index (χ3v) is 4.10. The van der Waals surface area contributed by atoms with Crippen molar-refractivity contribution in [2.75, 3.05) is 0 Å². The molecule has 0 N–H and O–H groups in total. The first-order valence-electron chi connectivity index (χ1n) is 5.52. The first-order chi connectivity index (χ1) is 7.33. The van der Waals surface area contributed by atoms with Gasteiger partial charge < -0.3 is 0 Å². The first-order valence-corrected chi connectivity index (χ1v) is 5.52. The van der Waals surface area contributed by atoms with E-state index in [2.05, 4.69) is 55.5 Å². The van der Waals surface area contributed by atoms with E-state index >= 15 is 0 Å². The van der Waals surface area contributed by atoms with Crippen LogP contribution in [0.15, 0.2) is 48.5 Å². The van der Waals surface area contributed by atoms with Crippen LogP contribution in [0.25, 0.3) is 0 Å². The molecule has 0 saturated heterocycles. The van der Waals surface area contributed by atoms with E-state index in [9.17, 15) is 0 Å². The maximum atomic E-state index is 2.38. The minimum absolute atomic E-state index is 0.327. The van der Waals surface area contributed by atoms with Crippen molar-refractivity contribution in [3.8, 4) is 0 Å². The summed E-state index contributed by atoms with van der Waals surface area (Å²) in [4.78, 5) is 0. The zero-order valence-corrected chi connectivity index (χ0v) is 8.70. The summed E-state index contributed by atoms with van der Waals surface area (Å²) in [6, 6.07) is 17.7. The fraction of sp³-hybridized carbons (Fsp3) is 0.200. The van der Waals surface area contributed by atoms with Gasteiger partial charge in [0.1, 0.15) is 0 Å². The Kier molecular flexibility index (Phi) is 1.11. The van der Waals surface area contributed by atoms with Gasteiger partial charge in [-0.05, 0) is 22.3 Å². The lowest BCUT2D eigenvalue weighted by molar-refractivity contribution is 0.677. The molecule has 15 heavy (non-hydrogen) atoms. The molecule has 0 heterocycles. The highest BCUT2D eigenvalue weighted by molar-refractivity contribution is 5.71. The lowest BCUT2D eigenvalue weighted by atomic mass is 9.95. The van der Waals surface area contributed by atoms with Crippen LogP contribution in [0.3, 0.4) is 0 Å². The molecule has 0 bridgehead atoms. The fourth-order valence-electron chi connectivity index (χ4n) is 3.16. The minimum Gasteiger partial charge on any atom is -0.0620 e. The van der Waals surface area contributed by atoms with Gasteiger partial charge in [0, 0.05) is 11.3 Å². The van der Waals surface area contributed by atoms with E-state index in [1.54, 1.807) is 22.3 Å². The van der Waals surface area contributed by atoms with Crippen molar-refractivity contribution in [1.29, 1.82) is 0 Å². The van der Waals surface area contributed by atoms with Crippen LogP contribution in [0.1, 0.15) is 35.1 Å². The first kappa shape index (κ1) is 7.70. The summed E-state index contributed by atoms with van der Waals surface area (Å²) in [5, 5.41) is 0. The van der Waals surface area contributed by atoms with Crippen LogP contribution < -0.4 is 0 Å². The molecule has 0 spiro atoms. The Hall–Kier alpha value is -1.56. The van der Waals surface area contributed by atoms with Crippen molar-refractivity contribution < 1.29 is 0 Å². The van der Waals surface area contributed by atoms with Crippen LogP contribution in [0.5, 0.6) is 0 Å². The van der Waals surface area contributed by atoms with Gasteiger partial charge in [0.2, 0.25) is 0 Å². The van der Waals surface area contributed by atoms with Crippen LogP contribution in [0.2, 0.25) is 0 Å².